The number of aryl methyl sites for hydroxylation is 1. The molecule has 0 radical (unpaired) electrons. The molecule has 19 nitrogen and oxygen atoms in total. The number of nitrogens with one attached hydrogen (secondary N) is 4. The van der Waals surface area contributed by atoms with E-state index in [1.54, 1.807) is 80.9 Å². The molecule has 3 aliphatic rings. The number of H-pyrrole nitrogens is 1. The summed E-state index contributed by atoms with van der Waals surface area (Å²) in [5.41, 5.74) is 15.4. The smallest absolute Gasteiger partial charge is 0.410 e. The Hall–Kier alpha value is -7.45. The van der Waals surface area contributed by atoms with Gasteiger partial charge in [0, 0.05) is 53.1 Å². The van der Waals surface area contributed by atoms with Crippen LogP contribution in [0.3, 0.4) is 0 Å². The molecule has 5 amide bonds. The lowest BCUT2D eigenvalue weighted by molar-refractivity contribution is -0.172. The Bertz CT molecular complexity index is 3070. The number of nitrogens with zero attached hydrogens (tertiary/aromatic N) is 3. The van der Waals surface area contributed by atoms with Crippen molar-refractivity contribution in [3.05, 3.63) is 116 Å². The number of esters is 1. The number of rotatable bonds is 20. The molecule has 2 aromatic carbocycles. The number of primary amides is 1. The lowest BCUT2D eigenvalue weighted by atomic mass is 9.74. The SMILES string of the molecule is CC[C@]1(O)C(=O)OCc2c1cc1n(c2=O)Cc2c-1nc1cc(F)c(C)c3c1c2[C@H](CC(C)CC(=O)CN(Cc1ccc[nH]1)C(=O)OCc1ccc(NC(=O)[C@H](CCCNC(N)=O)NC(=O)[C@@H](N)C(C)C)cc1)CC3. The number of aliphatic hydroxyl groups is 1. The number of aromatic amines is 1. The van der Waals surface area contributed by atoms with Gasteiger partial charge in [-0.15, -0.1) is 0 Å². The van der Waals surface area contributed by atoms with Gasteiger partial charge in [-0.05, 0) is 116 Å². The second-order valence-electron chi connectivity index (χ2n) is 20.2. The minimum absolute atomic E-state index is 0.00821. The maximum Gasteiger partial charge on any atom is 0.410 e. The van der Waals surface area contributed by atoms with Crippen LogP contribution in [0.25, 0.3) is 22.3 Å². The van der Waals surface area contributed by atoms with E-state index in [1.807, 2.05) is 6.92 Å². The predicted octanol–water partition coefficient (Wildman–Crippen LogP) is 5.56. The monoisotopic (exact) mass is 1020 g/mol. The van der Waals surface area contributed by atoms with Gasteiger partial charge in [0.1, 0.15) is 25.1 Å². The van der Waals surface area contributed by atoms with Crippen LogP contribution < -0.4 is 33.0 Å². The zero-order valence-corrected chi connectivity index (χ0v) is 42.3. The van der Waals surface area contributed by atoms with Gasteiger partial charge in [-0.2, -0.15) is 0 Å². The lowest BCUT2D eigenvalue weighted by Gasteiger charge is -2.31. The topological polar surface area (TPSA) is 283 Å². The van der Waals surface area contributed by atoms with E-state index < -0.39 is 53.2 Å². The van der Waals surface area contributed by atoms with Crippen LogP contribution in [0.4, 0.5) is 19.7 Å². The van der Waals surface area contributed by atoms with Gasteiger partial charge >= 0.3 is 18.1 Å². The molecule has 20 heteroatoms. The van der Waals surface area contributed by atoms with Crippen LogP contribution in [0.5, 0.6) is 0 Å². The molecular formula is C54H64FN9O10. The number of anilines is 1. The second-order valence-corrected chi connectivity index (χ2v) is 20.2. The number of benzene rings is 2. The molecule has 5 heterocycles. The van der Waals surface area contributed by atoms with Crippen LogP contribution >= 0.6 is 0 Å². The minimum Gasteiger partial charge on any atom is -0.458 e. The van der Waals surface area contributed by atoms with Gasteiger partial charge in [0.05, 0.1) is 48.1 Å². The van der Waals surface area contributed by atoms with E-state index in [1.165, 1.54) is 11.0 Å². The van der Waals surface area contributed by atoms with E-state index in [0.717, 1.165) is 22.1 Å². The van der Waals surface area contributed by atoms with Crippen molar-refractivity contribution in [1.29, 1.82) is 0 Å². The Morgan fingerprint density at radius 3 is 2.51 bits per heavy atom. The average molecular weight is 1020 g/mol. The molecule has 3 aromatic heterocycles. The molecule has 2 aliphatic heterocycles. The Balaban J connectivity index is 0.941. The number of pyridine rings is 2. The van der Waals surface area contributed by atoms with E-state index >= 15 is 4.39 Å². The fourth-order valence-electron chi connectivity index (χ4n) is 10.5. The molecule has 0 saturated heterocycles. The Labute approximate surface area is 426 Å². The van der Waals surface area contributed by atoms with Gasteiger partial charge in [-0.1, -0.05) is 39.8 Å². The number of urea groups is 1. The number of ketones is 1. The standard InChI is InChI=1S/C54H64FN9O10/c1-6-54(72)39-21-43-47-37(25-64(43)50(68)38(39)27-73-51(54)69)44-32(13-16-36-30(5)40(55)22-42(61-47)45(36)44)19-29(4)20-35(65)24-63(23-34-9-7-17-58-34)53(71)74-26-31-11-14-33(15-12-31)60-48(66)41(10-8-18-59-52(57)70)62-49(67)46(56)28(2)3/h7,9,11-12,14-15,17,21-22,28-29,32,41,46,58,72H,6,8,10,13,16,18-20,23-27,56H2,1-5H3,(H,60,66)(H,62,67)(H3,57,59,70)/t29?,32-,41-,46-,54+/m0/s1. The van der Waals surface area contributed by atoms with Crippen LogP contribution in [-0.2, 0) is 67.0 Å². The first-order valence-corrected chi connectivity index (χ1v) is 25.1. The van der Waals surface area contributed by atoms with Gasteiger partial charge in [0.2, 0.25) is 11.8 Å². The molecule has 0 bridgehead atoms. The zero-order chi connectivity index (χ0) is 53.2. The Morgan fingerprint density at radius 2 is 1.82 bits per heavy atom. The summed E-state index contributed by atoms with van der Waals surface area (Å²) in [5, 5.41) is 20.3. The van der Waals surface area contributed by atoms with Crippen molar-refractivity contribution in [3.8, 4) is 11.4 Å². The summed E-state index contributed by atoms with van der Waals surface area (Å²) in [4.78, 5) is 101. The van der Waals surface area contributed by atoms with Crippen LogP contribution in [0.1, 0.15) is 117 Å². The summed E-state index contributed by atoms with van der Waals surface area (Å²) >= 11 is 0. The number of Topliss-reactive ketones (excluding diaryl/α,β-unsaturated/α-hetero) is 1. The van der Waals surface area contributed by atoms with Gasteiger partial charge in [-0.25, -0.2) is 23.8 Å². The Morgan fingerprint density at radius 1 is 1.07 bits per heavy atom. The minimum atomic E-state index is -2.01. The highest BCUT2D eigenvalue weighted by atomic mass is 19.1. The summed E-state index contributed by atoms with van der Waals surface area (Å²) < 4.78 is 28.1. The summed E-state index contributed by atoms with van der Waals surface area (Å²) in [7, 11) is 0. The van der Waals surface area contributed by atoms with Gasteiger partial charge in [-0.3, -0.25) is 24.1 Å². The molecule has 1 unspecified atom stereocenters. The number of fused-ring (bicyclic) bond motifs is 5. The molecule has 0 spiro atoms. The number of cyclic esters (lactones) is 1. The maximum atomic E-state index is 15.5. The van der Waals surface area contributed by atoms with Crippen LogP contribution in [0.15, 0.2) is 59.5 Å². The van der Waals surface area contributed by atoms with Gasteiger partial charge in [0.15, 0.2) is 11.4 Å². The van der Waals surface area contributed by atoms with Crippen LogP contribution in [0.2, 0.25) is 0 Å². The first-order chi connectivity index (χ1) is 35.3. The molecular weight excluding hydrogens is 954 g/mol. The molecule has 0 fully saturated rings. The number of aromatic nitrogens is 3. The van der Waals surface area contributed by atoms with Crippen LogP contribution in [-0.4, -0.2) is 85.4 Å². The third kappa shape index (κ3) is 10.9. The van der Waals surface area contributed by atoms with E-state index in [4.69, 9.17) is 25.9 Å². The Kier molecular flexibility index (Phi) is 15.7. The van der Waals surface area contributed by atoms with Crippen molar-refractivity contribution in [2.45, 2.75) is 129 Å². The van der Waals surface area contributed by atoms with Crippen molar-refractivity contribution < 1.29 is 47.7 Å². The predicted molar refractivity (Wildman–Crippen MR) is 272 cm³/mol. The third-order valence-electron chi connectivity index (χ3n) is 14.6. The third-order valence-corrected chi connectivity index (χ3v) is 14.6. The number of carbonyl (C=O) groups excluding carboxylic acids is 6. The first-order valence-electron chi connectivity index (χ1n) is 25.1. The van der Waals surface area contributed by atoms with Crippen molar-refractivity contribution in [1.82, 2.24) is 30.1 Å². The highest BCUT2D eigenvalue weighted by Gasteiger charge is 2.46. The van der Waals surface area contributed by atoms with E-state index in [9.17, 15) is 38.7 Å². The van der Waals surface area contributed by atoms with Crippen molar-refractivity contribution in [2.24, 2.45) is 23.3 Å². The molecule has 0 saturated carbocycles. The molecule has 9 N–H and O–H groups in total. The fourth-order valence-corrected chi connectivity index (χ4v) is 10.5. The van der Waals surface area contributed by atoms with Crippen LogP contribution in [0, 0.1) is 24.6 Å². The number of carbonyl (C=O) groups is 6. The number of amides is 5. The average Bonchev–Trinajstić information content (AvgIpc) is 4.03. The van der Waals surface area contributed by atoms with E-state index in [0.29, 0.717) is 65.1 Å². The lowest BCUT2D eigenvalue weighted by Crippen LogP contribution is -2.51. The van der Waals surface area contributed by atoms with E-state index in [2.05, 4.69) is 20.9 Å². The highest BCUT2D eigenvalue weighted by molar-refractivity contribution is 5.98. The molecule has 74 heavy (non-hydrogen) atoms. The largest absolute Gasteiger partial charge is 0.458 e. The molecule has 392 valence electrons. The van der Waals surface area contributed by atoms with Gasteiger partial charge in [0.25, 0.3) is 5.56 Å². The van der Waals surface area contributed by atoms with Crippen molar-refractivity contribution >= 4 is 52.3 Å². The summed E-state index contributed by atoms with van der Waals surface area (Å²) in [6.07, 6.45) is 3.49. The number of ether oxygens (including phenoxy) is 2. The van der Waals surface area contributed by atoms with E-state index in [-0.39, 0.29) is 99.1 Å². The van der Waals surface area contributed by atoms with Crippen molar-refractivity contribution in [2.75, 3.05) is 18.4 Å². The number of hydrogen-bond donors (Lipinski definition) is 7. The molecule has 5 atom stereocenters. The summed E-state index contributed by atoms with van der Waals surface area (Å²) in [6, 6.07) is 10.8. The number of hydrogen-bond acceptors (Lipinski definition) is 12. The quantitative estimate of drug-likeness (QED) is 0.0366. The number of halogens is 1. The normalized spacial score (nSPS) is 17.6. The summed E-state index contributed by atoms with van der Waals surface area (Å²) in [6.45, 7) is 8.79. The molecule has 5 aromatic rings. The maximum absolute atomic E-state index is 15.5. The molecule has 8 rings (SSSR count). The number of nitrogens with two attached hydrogens (primary N) is 2. The summed E-state index contributed by atoms with van der Waals surface area (Å²) in [5.74, 6) is -2.81. The first kappa shape index (κ1) is 52.9. The van der Waals surface area contributed by atoms with Gasteiger partial charge < -0.3 is 51.5 Å². The fraction of sp³-hybridized carbons (Fsp3) is 0.444. The van der Waals surface area contributed by atoms with Crippen molar-refractivity contribution in [3.63, 3.8) is 0 Å². The molecule has 1 aliphatic carbocycles. The second kappa shape index (κ2) is 21.9. The zero-order valence-electron chi connectivity index (χ0n) is 42.3. The highest BCUT2D eigenvalue weighted by Crippen LogP contribution is 2.48.